The van der Waals surface area contributed by atoms with Crippen LogP contribution < -0.4 is 0 Å². The SMILES string of the molecule is C/N=C\[C@]1(c2ccc(C(F)(F)F)cc2)CCCCC1=O. The number of ketones is 1. The number of carbonyl (C=O) groups excluding carboxylic acids is 1. The molecule has 1 fully saturated rings. The van der Waals surface area contributed by atoms with Crippen molar-refractivity contribution >= 4 is 12.0 Å². The second kappa shape index (κ2) is 5.38. The van der Waals surface area contributed by atoms with Crippen molar-refractivity contribution in [2.45, 2.75) is 37.3 Å². The number of nitrogens with zero attached hydrogens (tertiary/aromatic N) is 1. The minimum Gasteiger partial charge on any atom is -0.299 e. The summed E-state index contributed by atoms with van der Waals surface area (Å²) in [4.78, 5) is 16.2. The van der Waals surface area contributed by atoms with Crippen LogP contribution in [0.5, 0.6) is 0 Å². The van der Waals surface area contributed by atoms with Crippen LogP contribution in [0.3, 0.4) is 0 Å². The minimum atomic E-state index is -4.36. The molecule has 1 atom stereocenters. The van der Waals surface area contributed by atoms with Crippen molar-refractivity contribution in [3.05, 3.63) is 35.4 Å². The summed E-state index contributed by atoms with van der Waals surface area (Å²) in [5, 5.41) is 0. The molecule has 2 rings (SSSR count). The molecule has 1 saturated carbocycles. The van der Waals surface area contributed by atoms with E-state index in [0.717, 1.165) is 25.0 Å². The lowest BCUT2D eigenvalue weighted by molar-refractivity contribution is -0.137. The van der Waals surface area contributed by atoms with E-state index in [9.17, 15) is 18.0 Å². The molecule has 0 bridgehead atoms. The average Bonchev–Trinajstić information content (AvgIpc) is 2.41. The zero-order valence-electron chi connectivity index (χ0n) is 11.2. The molecule has 0 radical (unpaired) electrons. The first kappa shape index (κ1) is 14.8. The van der Waals surface area contributed by atoms with Crippen molar-refractivity contribution in [3.8, 4) is 0 Å². The number of halogens is 3. The Morgan fingerprint density at radius 3 is 2.35 bits per heavy atom. The second-order valence-electron chi connectivity index (χ2n) is 5.06. The topological polar surface area (TPSA) is 29.4 Å². The van der Waals surface area contributed by atoms with Crippen LogP contribution in [0.1, 0.15) is 36.8 Å². The van der Waals surface area contributed by atoms with Gasteiger partial charge in [-0.25, -0.2) is 0 Å². The van der Waals surface area contributed by atoms with Gasteiger partial charge in [-0.15, -0.1) is 0 Å². The Morgan fingerprint density at radius 2 is 1.85 bits per heavy atom. The number of aliphatic imine (C=N–C) groups is 1. The van der Waals surface area contributed by atoms with Crippen molar-refractivity contribution < 1.29 is 18.0 Å². The zero-order chi connectivity index (χ0) is 14.8. The Kier molecular flexibility index (Phi) is 3.97. The Labute approximate surface area is 115 Å². The third-order valence-electron chi connectivity index (χ3n) is 3.80. The van der Waals surface area contributed by atoms with E-state index >= 15 is 0 Å². The summed E-state index contributed by atoms with van der Waals surface area (Å²) < 4.78 is 37.8. The van der Waals surface area contributed by atoms with E-state index in [2.05, 4.69) is 4.99 Å². The maximum Gasteiger partial charge on any atom is 0.416 e. The molecule has 1 aromatic rings. The fraction of sp³-hybridized carbons (Fsp3) is 0.467. The molecule has 0 N–H and O–H groups in total. The van der Waals surface area contributed by atoms with Crippen molar-refractivity contribution in [2.75, 3.05) is 7.05 Å². The van der Waals surface area contributed by atoms with Gasteiger partial charge in [0.2, 0.25) is 0 Å². The highest BCUT2D eigenvalue weighted by atomic mass is 19.4. The molecule has 0 amide bonds. The van der Waals surface area contributed by atoms with Gasteiger partial charge in [-0.05, 0) is 30.5 Å². The molecule has 1 aromatic carbocycles. The number of Topliss-reactive ketones (excluding diaryl/α,β-unsaturated/α-hetero) is 1. The van der Waals surface area contributed by atoms with E-state index in [1.807, 2.05) is 0 Å². The number of carbonyl (C=O) groups is 1. The molecular formula is C15H16F3NO. The number of hydrogen-bond donors (Lipinski definition) is 0. The largest absolute Gasteiger partial charge is 0.416 e. The highest BCUT2D eigenvalue weighted by Crippen LogP contribution is 2.37. The van der Waals surface area contributed by atoms with E-state index in [4.69, 9.17) is 0 Å². The van der Waals surface area contributed by atoms with Gasteiger partial charge in [-0.3, -0.25) is 9.79 Å². The van der Waals surface area contributed by atoms with Gasteiger partial charge < -0.3 is 0 Å². The minimum absolute atomic E-state index is 0.0362. The molecule has 2 nitrogen and oxygen atoms in total. The molecule has 0 spiro atoms. The summed E-state index contributed by atoms with van der Waals surface area (Å²) in [6, 6.07) is 4.85. The lowest BCUT2D eigenvalue weighted by Gasteiger charge is -2.32. The normalized spacial score (nSPS) is 24.3. The first-order chi connectivity index (χ1) is 9.40. The third-order valence-corrected chi connectivity index (χ3v) is 3.80. The molecule has 0 aliphatic heterocycles. The summed E-state index contributed by atoms with van der Waals surface area (Å²) in [7, 11) is 1.58. The average molecular weight is 283 g/mol. The molecule has 0 unspecified atom stereocenters. The molecule has 108 valence electrons. The standard InChI is InChI=1S/C15H16F3NO/c1-19-10-14(9-3-2-4-13(14)20)11-5-7-12(8-6-11)15(16,17)18/h5-8,10H,2-4,9H2,1H3/b19-10-/t14-/m0/s1. The Balaban J connectivity index is 2.43. The van der Waals surface area contributed by atoms with Gasteiger partial charge in [0, 0.05) is 19.7 Å². The Morgan fingerprint density at radius 1 is 1.20 bits per heavy atom. The fourth-order valence-electron chi connectivity index (χ4n) is 2.75. The first-order valence-electron chi connectivity index (χ1n) is 6.54. The summed E-state index contributed by atoms with van der Waals surface area (Å²) in [6.07, 6.45) is -0.0165. The molecule has 20 heavy (non-hydrogen) atoms. The Bertz CT molecular complexity index is 519. The smallest absolute Gasteiger partial charge is 0.299 e. The molecular weight excluding hydrogens is 267 g/mol. The fourth-order valence-corrected chi connectivity index (χ4v) is 2.75. The monoisotopic (exact) mass is 283 g/mol. The van der Waals surface area contributed by atoms with Gasteiger partial charge in [0.05, 0.1) is 11.0 Å². The molecule has 5 heteroatoms. The van der Waals surface area contributed by atoms with Gasteiger partial charge in [0.15, 0.2) is 0 Å². The van der Waals surface area contributed by atoms with Gasteiger partial charge in [-0.2, -0.15) is 13.2 Å². The summed E-state index contributed by atoms with van der Waals surface area (Å²) in [5.74, 6) is 0.0362. The third kappa shape index (κ3) is 2.62. The van der Waals surface area contributed by atoms with Crippen LogP contribution in [0, 0.1) is 0 Å². The van der Waals surface area contributed by atoms with Crippen LogP contribution >= 0.6 is 0 Å². The lowest BCUT2D eigenvalue weighted by Crippen LogP contribution is -2.40. The van der Waals surface area contributed by atoms with Crippen LogP contribution in [-0.2, 0) is 16.4 Å². The molecule has 0 heterocycles. The highest BCUT2D eigenvalue weighted by Gasteiger charge is 2.40. The van der Waals surface area contributed by atoms with E-state index in [1.54, 1.807) is 13.3 Å². The molecule has 0 aromatic heterocycles. The number of benzene rings is 1. The molecule has 1 aliphatic rings. The second-order valence-corrected chi connectivity index (χ2v) is 5.06. The summed E-state index contributed by atoms with van der Waals surface area (Å²) in [6.45, 7) is 0. The quantitative estimate of drug-likeness (QED) is 0.759. The van der Waals surface area contributed by atoms with Gasteiger partial charge >= 0.3 is 6.18 Å². The lowest BCUT2D eigenvalue weighted by atomic mass is 9.69. The van der Waals surface area contributed by atoms with Crippen LogP contribution in [0.4, 0.5) is 13.2 Å². The maximum absolute atomic E-state index is 12.6. The van der Waals surface area contributed by atoms with Gasteiger partial charge in [0.1, 0.15) is 5.78 Å². The maximum atomic E-state index is 12.6. The predicted molar refractivity (Wildman–Crippen MR) is 71.0 cm³/mol. The van der Waals surface area contributed by atoms with Crippen LogP contribution in [-0.4, -0.2) is 19.0 Å². The van der Waals surface area contributed by atoms with Crippen LogP contribution in [0.15, 0.2) is 29.3 Å². The zero-order valence-corrected chi connectivity index (χ0v) is 11.2. The van der Waals surface area contributed by atoms with Crippen molar-refractivity contribution in [1.29, 1.82) is 0 Å². The number of rotatable bonds is 2. The van der Waals surface area contributed by atoms with Crippen molar-refractivity contribution in [2.24, 2.45) is 4.99 Å². The number of hydrogen-bond acceptors (Lipinski definition) is 2. The Hall–Kier alpha value is -1.65. The number of alkyl halides is 3. The van der Waals surface area contributed by atoms with E-state index in [-0.39, 0.29) is 5.78 Å². The van der Waals surface area contributed by atoms with Crippen molar-refractivity contribution in [3.63, 3.8) is 0 Å². The van der Waals surface area contributed by atoms with Crippen LogP contribution in [0.25, 0.3) is 0 Å². The highest BCUT2D eigenvalue weighted by molar-refractivity contribution is 6.06. The van der Waals surface area contributed by atoms with Crippen LogP contribution in [0.2, 0.25) is 0 Å². The summed E-state index contributed by atoms with van der Waals surface area (Å²) >= 11 is 0. The van der Waals surface area contributed by atoms with E-state index in [1.165, 1.54) is 12.1 Å². The van der Waals surface area contributed by atoms with E-state index in [0.29, 0.717) is 18.4 Å². The molecule has 1 aliphatic carbocycles. The van der Waals surface area contributed by atoms with Gasteiger partial charge in [0.25, 0.3) is 0 Å². The predicted octanol–water partition coefficient (Wildman–Crippen LogP) is 3.79. The van der Waals surface area contributed by atoms with Gasteiger partial charge in [-0.1, -0.05) is 18.6 Å². The first-order valence-corrected chi connectivity index (χ1v) is 6.54. The molecule has 0 saturated heterocycles. The van der Waals surface area contributed by atoms with Crippen molar-refractivity contribution in [1.82, 2.24) is 0 Å². The van der Waals surface area contributed by atoms with E-state index < -0.39 is 17.2 Å². The summed E-state index contributed by atoms with van der Waals surface area (Å²) in [5.41, 5.74) is -0.953.